The molecular weight excluding hydrogens is 200 g/mol. The molecule has 0 bridgehead atoms. The number of hydrogen-bond acceptors (Lipinski definition) is 2. The Hall–Kier alpha value is -0.570. The van der Waals surface area contributed by atoms with Gasteiger partial charge in [0.15, 0.2) is 0 Å². The van der Waals surface area contributed by atoms with Crippen molar-refractivity contribution < 1.29 is 4.79 Å². The first kappa shape index (κ1) is 11.9. The fraction of sp³-hybridized carbons (Fsp3) is 0.923. The second kappa shape index (κ2) is 4.74. The predicted molar refractivity (Wildman–Crippen MR) is 65.2 cm³/mol. The third-order valence-electron chi connectivity index (χ3n) is 4.36. The molecule has 2 fully saturated rings. The van der Waals surface area contributed by atoms with Crippen molar-refractivity contribution in [3.05, 3.63) is 0 Å². The highest BCUT2D eigenvalue weighted by molar-refractivity contribution is 5.79. The molecule has 1 aliphatic heterocycles. The Bertz CT molecular complexity index is 259. The van der Waals surface area contributed by atoms with Crippen LogP contribution in [-0.2, 0) is 4.79 Å². The van der Waals surface area contributed by atoms with Crippen LogP contribution < -0.4 is 10.6 Å². The highest BCUT2D eigenvalue weighted by Crippen LogP contribution is 2.36. The normalized spacial score (nSPS) is 32.9. The number of carbonyl (C=O) groups is 1. The van der Waals surface area contributed by atoms with Crippen LogP contribution in [0.2, 0.25) is 0 Å². The topological polar surface area (TPSA) is 41.1 Å². The van der Waals surface area contributed by atoms with Gasteiger partial charge >= 0.3 is 0 Å². The summed E-state index contributed by atoms with van der Waals surface area (Å²) in [5.41, 5.74) is 0.366. The van der Waals surface area contributed by atoms with E-state index in [0.29, 0.717) is 11.5 Å². The molecule has 1 aliphatic carbocycles. The molecule has 2 aliphatic rings. The van der Waals surface area contributed by atoms with Crippen molar-refractivity contribution in [3.8, 4) is 0 Å². The molecule has 16 heavy (non-hydrogen) atoms. The minimum atomic E-state index is 0.185. The van der Waals surface area contributed by atoms with Crippen LogP contribution in [-0.4, -0.2) is 25.0 Å². The van der Waals surface area contributed by atoms with Crippen LogP contribution in [0.5, 0.6) is 0 Å². The van der Waals surface area contributed by atoms with E-state index in [-0.39, 0.29) is 11.8 Å². The lowest BCUT2D eigenvalue weighted by Gasteiger charge is -2.25. The maximum atomic E-state index is 12.0. The molecule has 3 heteroatoms. The summed E-state index contributed by atoms with van der Waals surface area (Å²) in [5.74, 6) is 0.440. The van der Waals surface area contributed by atoms with Gasteiger partial charge in [0, 0.05) is 12.6 Å². The smallest absolute Gasteiger partial charge is 0.224 e. The van der Waals surface area contributed by atoms with Gasteiger partial charge < -0.3 is 10.6 Å². The summed E-state index contributed by atoms with van der Waals surface area (Å²) in [6.45, 7) is 6.26. The van der Waals surface area contributed by atoms with Crippen LogP contribution >= 0.6 is 0 Å². The second-order valence-electron chi connectivity index (χ2n) is 5.87. The Morgan fingerprint density at radius 1 is 1.44 bits per heavy atom. The lowest BCUT2D eigenvalue weighted by atomic mass is 9.88. The minimum absolute atomic E-state index is 0.185. The van der Waals surface area contributed by atoms with Crippen LogP contribution in [0.15, 0.2) is 0 Å². The van der Waals surface area contributed by atoms with E-state index in [1.165, 1.54) is 25.7 Å². The highest BCUT2D eigenvalue weighted by Gasteiger charge is 2.32. The van der Waals surface area contributed by atoms with Gasteiger partial charge in [0.1, 0.15) is 0 Å². The molecule has 0 radical (unpaired) electrons. The van der Waals surface area contributed by atoms with Crippen LogP contribution in [0.1, 0.15) is 46.0 Å². The zero-order valence-corrected chi connectivity index (χ0v) is 10.5. The van der Waals surface area contributed by atoms with Crippen molar-refractivity contribution in [2.45, 2.75) is 52.0 Å². The minimum Gasteiger partial charge on any atom is -0.355 e. The van der Waals surface area contributed by atoms with Gasteiger partial charge in [-0.25, -0.2) is 0 Å². The van der Waals surface area contributed by atoms with E-state index in [4.69, 9.17) is 0 Å². The molecule has 0 aromatic heterocycles. The largest absolute Gasteiger partial charge is 0.355 e. The Morgan fingerprint density at radius 2 is 2.12 bits per heavy atom. The van der Waals surface area contributed by atoms with E-state index in [2.05, 4.69) is 24.5 Å². The Labute approximate surface area is 98.4 Å². The van der Waals surface area contributed by atoms with E-state index >= 15 is 0 Å². The first-order valence-electron chi connectivity index (χ1n) is 6.62. The van der Waals surface area contributed by atoms with E-state index in [0.717, 1.165) is 19.5 Å². The van der Waals surface area contributed by atoms with Crippen LogP contribution in [0.3, 0.4) is 0 Å². The second-order valence-corrected chi connectivity index (χ2v) is 5.87. The predicted octanol–water partition coefficient (Wildman–Crippen LogP) is 1.68. The van der Waals surface area contributed by atoms with Crippen LogP contribution in [0, 0.1) is 11.3 Å². The fourth-order valence-corrected chi connectivity index (χ4v) is 3.05. The summed E-state index contributed by atoms with van der Waals surface area (Å²) in [6, 6.07) is 0.344. The van der Waals surface area contributed by atoms with Crippen molar-refractivity contribution in [1.29, 1.82) is 0 Å². The van der Waals surface area contributed by atoms with Gasteiger partial charge in [-0.15, -0.1) is 0 Å². The SMILES string of the molecule is CC1NCCC1C(=O)NCC1(C)CCCC1. The molecule has 1 heterocycles. The number of hydrogen-bond donors (Lipinski definition) is 2. The van der Waals surface area contributed by atoms with Crippen molar-refractivity contribution in [3.63, 3.8) is 0 Å². The molecule has 2 N–H and O–H groups in total. The Morgan fingerprint density at radius 3 is 2.69 bits per heavy atom. The van der Waals surface area contributed by atoms with Gasteiger partial charge in [-0.1, -0.05) is 19.8 Å². The quantitative estimate of drug-likeness (QED) is 0.766. The molecule has 1 amide bonds. The summed E-state index contributed by atoms with van der Waals surface area (Å²) in [4.78, 5) is 12.0. The number of nitrogens with one attached hydrogen (secondary N) is 2. The van der Waals surface area contributed by atoms with E-state index in [9.17, 15) is 4.79 Å². The van der Waals surface area contributed by atoms with Gasteiger partial charge in [0.25, 0.3) is 0 Å². The summed E-state index contributed by atoms with van der Waals surface area (Å²) in [7, 11) is 0. The Kier molecular flexibility index (Phi) is 3.53. The summed E-state index contributed by atoms with van der Waals surface area (Å²) in [5, 5.41) is 6.49. The average molecular weight is 224 g/mol. The molecule has 1 saturated heterocycles. The summed E-state index contributed by atoms with van der Waals surface area (Å²) < 4.78 is 0. The zero-order valence-electron chi connectivity index (χ0n) is 10.5. The molecule has 2 rings (SSSR count). The van der Waals surface area contributed by atoms with E-state index in [1.54, 1.807) is 0 Å². The van der Waals surface area contributed by atoms with Gasteiger partial charge in [0.2, 0.25) is 5.91 Å². The van der Waals surface area contributed by atoms with Gasteiger partial charge in [0.05, 0.1) is 5.92 Å². The van der Waals surface area contributed by atoms with Crippen molar-refractivity contribution in [1.82, 2.24) is 10.6 Å². The standard InChI is InChI=1S/C13H24N2O/c1-10-11(5-8-14-10)12(16)15-9-13(2)6-3-4-7-13/h10-11,14H,3-9H2,1-2H3,(H,15,16). The van der Waals surface area contributed by atoms with Gasteiger partial charge in [-0.2, -0.15) is 0 Å². The first-order valence-corrected chi connectivity index (χ1v) is 6.62. The Balaban J connectivity index is 1.79. The van der Waals surface area contributed by atoms with Crippen molar-refractivity contribution in [2.24, 2.45) is 11.3 Å². The average Bonchev–Trinajstić information content (AvgIpc) is 2.85. The maximum Gasteiger partial charge on any atom is 0.224 e. The van der Waals surface area contributed by atoms with Crippen molar-refractivity contribution in [2.75, 3.05) is 13.1 Å². The lowest BCUT2D eigenvalue weighted by molar-refractivity contribution is -0.125. The number of carbonyl (C=O) groups excluding carboxylic acids is 1. The molecule has 2 atom stereocenters. The monoisotopic (exact) mass is 224 g/mol. The van der Waals surface area contributed by atoms with Crippen LogP contribution in [0.4, 0.5) is 0 Å². The summed E-state index contributed by atoms with van der Waals surface area (Å²) in [6.07, 6.45) is 6.18. The molecule has 2 unspecified atom stereocenters. The molecule has 0 spiro atoms. The maximum absolute atomic E-state index is 12.0. The van der Waals surface area contributed by atoms with Gasteiger partial charge in [-0.05, 0) is 38.1 Å². The van der Waals surface area contributed by atoms with E-state index in [1.807, 2.05) is 0 Å². The third kappa shape index (κ3) is 2.57. The fourth-order valence-electron chi connectivity index (χ4n) is 3.05. The first-order chi connectivity index (χ1) is 7.61. The molecule has 1 saturated carbocycles. The number of rotatable bonds is 3. The number of amides is 1. The zero-order chi connectivity index (χ0) is 11.6. The lowest BCUT2D eigenvalue weighted by Crippen LogP contribution is -2.41. The summed E-state index contributed by atoms with van der Waals surface area (Å²) >= 11 is 0. The highest BCUT2D eigenvalue weighted by atomic mass is 16.1. The van der Waals surface area contributed by atoms with Crippen molar-refractivity contribution >= 4 is 5.91 Å². The molecule has 3 nitrogen and oxygen atoms in total. The van der Waals surface area contributed by atoms with E-state index < -0.39 is 0 Å². The molecular formula is C13H24N2O. The third-order valence-corrected chi connectivity index (χ3v) is 4.36. The van der Waals surface area contributed by atoms with Crippen LogP contribution in [0.25, 0.3) is 0 Å². The molecule has 0 aromatic carbocycles. The molecule has 92 valence electrons. The van der Waals surface area contributed by atoms with Gasteiger partial charge in [-0.3, -0.25) is 4.79 Å². The molecule has 0 aromatic rings.